The van der Waals surface area contributed by atoms with Crippen LogP contribution in [-0.4, -0.2) is 23.9 Å². The second-order valence-corrected chi connectivity index (χ2v) is 6.93. The molecule has 0 fully saturated rings. The molecule has 0 bridgehead atoms. The van der Waals surface area contributed by atoms with Crippen molar-refractivity contribution in [2.75, 3.05) is 12.4 Å². The van der Waals surface area contributed by atoms with Crippen molar-refractivity contribution in [2.24, 2.45) is 0 Å². The van der Waals surface area contributed by atoms with Crippen LogP contribution in [0.3, 0.4) is 0 Å². The zero-order valence-corrected chi connectivity index (χ0v) is 16.5. The van der Waals surface area contributed by atoms with E-state index in [1.807, 2.05) is 29.6 Å². The van der Waals surface area contributed by atoms with Gasteiger partial charge in [-0.25, -0.2) is 4.98 Å². The Balaban J connectivity index is 1.55. The molecule has 0 aliphatic rings. The Labute approximate surface area is 166 Å². The molecule has 0 aliphatic heterocycles. The third kappa shape index (κ3) is 5.20. The lowest BCUT2D eigenvalue weighted by Crippen LogP contribution is -2.18. The van der Waals surface area contributed by atoms with Crippen LogP contribution >= 0.6 is 11.3 Å². The van der Waals surface area contributed by atoms with Gasteiger partial charge in [-0.05, 0) is 30.2 Å². The lowest BCUT2D eigenvalue weighted by atomic mass is 10.1. The largest absolute Gasteiger partial charge is 0.496 e. The summed E-state index contributed by atoms with van der Waals surface area (Å²) >= 11 is 1.33. The van der Waals surface area contributed by atoms with Crippen molar-refractivity contribution in [2.45, 2.75) is 26.3 Å². The lowest BCUT2D eigenvalue weighted by molar-refractivity contribution is -0.119. The number of anilines is 1. The third-order valence-corrected chi connectivity index (χ3v) is 4.75. The van der Waals surface area contributed by atoms with Crippen molar-refractivity contribution >= 4 is 28.3 Å². The minimum absolute atomic E-state index is 0.113. The van der Waals surface area contributed by atoms with Crippen molar-refractivity contribution in [3.8, 4) is 17.2 Å². The molecule has 8 heteroatoms. The number of rotatable bonds is 8. The molecule has 2 heterocycles. The maximum absolute atomic E-state index is 12.2. The number of carbonyl (C=O) groups excluding carboxylic acids is 2. The van der Waals surface area contributed by atoms with Gasteiger partial charge in [-0.3, -0.25) is 9.59 Å². The zero-order valence-electron chi connectivity index (χ0n) is 15.7. The van der Waals surface area contributed by atoms with E-state index in [1.54, 1.807) is 19.2 Å². The van der Waals surface area contributed by atoms with E-state index in [4.69, 9.17) is 9.15 Å². The molecule has 0 saturated heterocycles. The van der Waals surface area contributed by atoms with Crippen molar-refractivity contribution in [3.63, 3.8) is 0 Å². The molecule has 0 aliphatic carbocycles. The SMILES string of the molecule is COc1ccccc1CCC(=O)Nc1nc(-c2ccc(CNC(C)=O)o2)cs1. The van der Waals surface area contributed by atoms with Crippen LogP contribution in [0.25, 0.3) is 11.5 Å². The smallest absolute Gasteiger partial charge is 0.226 e. The molecular weight excluding hydrogens is 378 g/mol. The van der Waals surface area contributed by atoms with Crippen molar-refractivity contribution in [3.05, 3.63) is 53.1 Å². The fourth-order valence-corrected chi connectivity index (χ4v) is 3.32. The van der Waals surface area contributed by atoms with Crippen LogP contribution in [0.5, 0.6) is 5.75 Å². The number of nitrogens with zero attached hydrogens (tertiary/aromatic N) is 1. The number of benzene rings is 1. The Morgan fingerprint density at radius 3 is 2.82 bits per heavy atom. The van der Waals surface area contributed by atoms with Gasteiger partial charge in [0, 0.05) is 18.7 Å². The van der Waals surface area contributed by atoms with Gasteiger partial charge < -0.3 is 19.8 Å². The van der Waals surface area contributed by atoms with Gasteiger partial charge in [-0.15, -0.1) is 11.3 Å². The maximum Gasteiger partial charge on any atom is 0.226 e. The summed E-state index contributed by atoms with van der Waals surface area (Å²) in [5, 5.41) is 7.82. The lowest BCUT2D eigenvalue weighted by Gasteiger charge is -2.07. The second-order valence-electron chi connectivity index (χ2n) is 6.07. The number of para-hydroxylation sites is 1. The molecule has 0 radical (unpaired) electrons. The number of hydrogen-bond acceptors (Lipinski definition) is 6. The van der Waals surface area contributed by atoms with Crippen molar-refractivity contribution < 1.29 is 18.7 Å². The van der Waals surface area contributed by atoms with E-state index in [2.05, 4.69) is 15.6 Å². The first-order chi connectivity index (χ1) is 13.5. The number of furan rings is 1. The average molecular weight is 399 g/mol. The minimum Gasteiger partial charge on any atom is -0.496 e. The van der Waals surface area contributed by atoms with E-state index >= 15 is 0 Å². The van der Waals surface area contributed by atoms with Crippen LogP contribution in [0.15, 0.2) is 46.2 Å². The number of amides is 2. The van der Waals surface area contributed by atoms with Crippen LogP contribution in [0.1, 0.15) is 24.7 Å². The highest BCUT2D eigenvalue weighted by molar-refractivity contribution is 7.14. The number of hydrogen-bond donors (Lipinski definition) is 2. The van der Waals surface area contributed by atoms with E-state index < -0.39 is 0 Å². The van der Waals surface area contributed by atoms with Crippen LogP contribution < -0.4 is 15.4 Å². The maximum atomic E-state index is 12.2. The molecule has 3 rings (SSSR count). The number of nitrogens with one attached hydrogen (secondary N) is 2. The molecule has 0 atom stereocenters. The minimum atomic E-state index is -0.121. The van der Waals surface area contributed by atoms with E-state index in [-0.39, 0.29) is 11.8 Å². The Morgan fingerprint density at radius 2 is 2.04 bits per heavy atom. The number of thiazole rings is 1. The highest BCUT2D eigenvalue weighted by atomic mass is 32.1. The standard InChI is InChI=1S/C20H21N3O4S/c1-13(24)21-11-15-8-9-18(27-15)16-12-28-20(22-16)23-19(25)10-7-14-5-3-4-6-17(14)26-2/h3-6,8-9,12H,7,10-11H2,1-2H3,(H,21,24)(H,22,23,25). The molecule has 2 aromatic heterocycles. The predicted octanol–water partition coefficient (Wildman–Crippen LogP) is 3.62. The summed E-state index contributed by atoms with van der Waals surface area (Å²) in [5.41, 5.74) is 1.63. The highest BCUT2D eigenvalue weighted by Gasteiger charge is 2.12. The molecule has 2 amide bonds. The van der Waals surface area contributed by atoms with Gasteiger partial charge in [0.05, 0.1) is 13.7 Å². The summed E-state index contributed by atoms with van der Waals surface area (Å²) in [5.74, 6) is 1.77. The van der Waals surface area contributed by atoms with Crippen molar-refractivity contribution in [1.82, 2.24) is 10.3 Å². The van der Waals surface area contributed by atoms with Gasteiger partial charge in [0.1, 0.15) is 17.2 Å². The quantitative estimate of drug-likeness (QED) is 0.603. The van der Waals surface area contributed by atoms with Crippen LogP contribution in [0.2, 0.25) is 0 Å². The topological polar surface area (TPSA) is 93.5 Å². The first-order valence-corrected chi connectivity index (χ1v) is 9.64. The Kier molecular flexibility index (Phi) is 6.44. The average Bonchev–Trinajstić information content (AvgIpc) is 3.34. The number of methoxy groups -OCH3 is 1. The predicted molar refractivity (Wildman–Crippen MR) is 107 cm³/mol. The molecule has 0 unspecified atom stereocenters. The molecule has 7 nitrogen and oxygen atoms in total. The summed E-state index contributed by atoms with van der Waals surface area (Å²) in [6.45, 7) is 1.78. The van der Waals surface area contributed by atoms with Crippen LogP contribution in [-0.2, 0) is 22.6 Å². The molecule has 2 N–H and O–H groups in total. The van der Waals surface area contributed by atoms with E-state index in [1.165, 1.54) is 18.3 Å². The number of ether oxygens (including phenoxy) is 1. The first-order valence-electron chi connectivity index (χ1n) is 8.76. The van der Waals surface area contributed by atoms with Gasteiger partial charge in [-0.1, -0.05) is 18.2 Å². The third-order valence-electron chi connectivity index (χ3n) is 3.99. The van der Waals surface area contributed by atoms with E-state index in [0.29, 0.717) is 41.7 Å². The van der Waals surface area contributed by atoms with Crippen LogP contribution in [0, 0.1) is 0 Å². The first kappa shape index (κ1) is 19.6. The second kappa shape index (κ2) is 9.18. The van der Waals surface area contributed by atoms with Gasteiger partial charge in [0.15, 0.2) is 10.9 Å². The summed E-state index contributed by atoms with van der Waals surface area (Å²) in [6.07, 6.45) is 0.912. The fraction of sp³-hybridized carbons (Fsp3) is 0.250. The Morgan fingerprint density at radius 1 is 1.21 bits per heavy atom. The summed E-state index contributed by atoms with van der Waals surface area (Å²) in [6, 6.07) is 11.2. The van der Waals surface area contributed by atoms with Gasteiger partial charge in [-0.2, -0.15) is 0 Å². The van der Waals surface area contributed by atoms with Gasteiger partial charge >= 0.3 is 0 Å². The highest BCUT2D eigenvalue weighted by Crippen LogP contribution is 2.27. The Bertz CT molecular complexity index is 964. The summed E-state index contributed by atoms with van der Waals surface area (Å²) < 4.78 is 11.0. The van der Waals surface area contributed by atoms with Gasteiger partial charge in [0.2, 0.25) is 11.8 Å². The zero-order chi connectivity index (χ0) is 19.9. The molecule has 28 heavy (non-hydrogen) atoms. The normalized spacial score (nSPS) is 10.5. The molecular formula is C20H21N3O4S. The summed E-state index contributed by atoms with van der Waals surface area (Å²) in [7, 11) is 1.62. The van der Waals surface area contributed by atoms with E-state index in [0.717, 1.165) is 11.3 Å². The molecule has 0 saturated carbocycles. The van der Waals surface area contributed by atoms with Gasteiger partial charge in [0.25, 0.3) is 0 Å². The van der Waals surface area contributed by atoms with Crippen molar-refractivity contribution in [1.29, 1.82) is 0 Å². The Hall–Kier alpha value is -3.13. The van der Waals surface area contributed by atoms with Crippen LogP contribution in [0.4, 0.5) is 5.13 Å². The number of aromatic nitrogens is 1. The molecule has 3 aromatic rings. The number of aryl methyl sites for hydroxylation is 1. The summed E-state index contributed by atoms with van der Waals surface area (Å²) in [4.78, 5) is 27.6. The number of carbonyl (C=O) groups is 2. The fourth-order valence-electron chi connectivity index (χ4n) is 2.61. The molecule has 0 spiro atoms. The molecule has 1 aromatic carbocycles. The monoisotopic (exact) mass is 399 g/mol. The van der Waals surface area contributed by atoms with E-state index in [9.17, 15) is 9.59 Å². The molecule has 146 valence electrons.